The monoisotopic (exact) mass is 235 g/mol. The summed E-state index contributed by atoms with van der Waals surface area (Å²) in [7, 11) is 0. The van der Waals surface area contributed by atoms with Gasteiger partial charge in [0.2, 0.25) is 5.96 Å². The van der Waals surface area contributed by atoms with Crippen LogP contribution in [0.4, 0.5) is 0 Å². The van der Waals surface area contributed by atoms with Crippen LogP contribution in [0.15, 0.2) is 40.3 Å². The third kappa shape index (κ3) is 6.03. The average molecular weight is 235 g/mol. The van der Waals surface area contributed by atoms with E-state index in [1.54, 1.807) is 0 Å². The summed E-state index contributed by atoms with van der Waals surface area (Å²) in [6.45, 7) is 1.10. The van der Waals surface area contributed by atoms with Crippen LogP contribution in [-0.2, 0) is 0 Å². The average Bonchev–Trinajstić information content (AvgIpc) is 2.29. The minimum atomic E-state index is -0.0909. The van der Waals surface area contributed by atoms with Gasteiger partial charge in [-0.2, -0.15) is 4.99 Å². The van der Waals surface area contributed by atoms with Crippen molar-refractivity contribution in [3.05, 3.63) is 30.3 Å². The summed E-state index contributed by atoms with van der Waals surface area (Å²) >= 11 is 0. The van der Waals surface area contributed by atoms with E-state index in [4.69, 9.17) is 21.9 Å². The SMILES string of the molecule is NC(N)=NC(N)=NCCCOc1ccccc1. The van der Waals surface area contributed by atoms with Gasteiger partial charge in [-0.3, -0.25) is 4.99 Å². The van der Waals surface area contributed by atoms with Crippen molar-refractivity contribution in [3.8, 4) is 5.75 Å². The van der Waals surface area contributed by atoms with E-state index in [9.17, 15) is 0 Å². The molecular formula is C11H17N5O. The second-order valence-electron chi connectivity index (χ2n) is 3.29. The van der Waals surface area contributed by atoms with Crippen LogP contribution in [-0.4, -0.2) is 25.1 Å². The first kappa shape index (κ1) is 12.8. The minimum Gasteiger partial charge on any atom is -0.494 e. The molecule has 0 atom stereocenters. The van der Waals surface area contributed by atoms with Crippen LogP contribution in [0.25, 0.3) is 0 Å². The van der Waals surface area contributed by atoms with E-state index >= 15 is 0 Å². The van der Waals surface area contributed by atoms with Crippen molar-refractivity contribution in [3.63, 3.8) is 0 Å². The Balaban J connectivity index is 2.19. The van der Waals surface area contributed by atoms with E-state index in [-0.39, 0.29) is 11.9 Å². The number of hydrogen-bond donors (Lipinski definition) is 3. The van der Waals surface area contributed by atoms with Crippen molar-refractivity contribution in [2.24, 2.45) is 27.2 Å². The molecule has 0 radical (unpaired) electrons. The Morgan fingerprint density at radius 3 is 2.47 bits per heavy atom. The number of ether oxygens (including phenoxy) is 1. The summed E-state index contributed by atoms with van der Waals surface area (Å²) in [5.74, 6) is 0.838. The number of guanidine groups is 2. The van der Waals surface area contributed by atoms with Crippen LogP contribution in [0.1, 0.15) is 6.42 Å². The Bertz CT molecular complexity index is 384. The summed E-state index contributed by atoms with van der Waals surface area (Å²) in [5, 5.41) is 0. The lowest BCUT2D eigenvalue weighted by molar-refractivity contribution is 0.313. The molecule has 0 aliphatic carbocycles. The van der Waals surface area contributed by atoms with Crippen molar-refractivity contribution in [2.75, 3.05) is 13.2 Å². The Morgan fingerprint density at radius 2 is 1.82 bits per heavy atom. The molecule has 6 N–H and O–H groups in total. The fourth-order valence-corrected chi connectivity index (χ4v) is 1.13. The minimum absolute atomic E-state index is 0.0877. The second-order valence-corrected chi connectivity index (χ2v) is 3.29. The largest absolute Gasteiger partial charge is 0.494 e. The maximum atomic E-state index is 5.47. The molecule has 0 saturated heterocycles. The topological polar surface area (TPSA) is 112 Å². The van der Waals surface area contributed by atoms with Gasteiger partial charge in [0.05, 0.1) is 6.61 Å². The van der Waals surface area contributed by atoms with E-state index < -0.39 is 0 Å². The van der Waals surface area contributed by atoms with Crippen molar-refractivity contribution in [1.29, 1.82) is 0 Å². The van der Waals surface area contributed by atoms with Gasteiger partial charge in [0.15, 0.2) is 5.96 Å². The lowest BCUT2D eigenvalue weighted by Crippen LogP contribution is -2.26. The first-order chi connectivity index (χ1) is 8.18. The zero-order valence-electron chi connectivity index (χ0n) is 9.54. The molecule has 0 heterocycles. The van der Waals surface area contributed by atoms with Gasteiger partial charge in [-0.15, -0.1) is 0 Å². The number of para-hydroxylation sites is 1. The highest BCUT2D eigenvalue weighted by atomic mass is 16.5. The van der Waals surface area contributed by atoms with Gasteiger partial charge in [-0.1, -0.05) is 18.2 Å². The van der Waals surface area contributed by atoms with E-state index in [2.05, 4.69) is 9.98 Å². The lowest BCUT2D eigenvalue weighted by Gasteiger charge is -2.03. The van der Waals surface area contributed by atoms with Crippen LogP contribution in [0.5, 0.6) is 5.75 Å². The second kappa shape index (κ2) is 7.10. The van der Waals surface area contributed by atoms with Gasteiger partial charge in [0, 0.05) is 13.0 Å². The highest BCUT2D eigenvalue weighted by Crippen LogP contribution is 2.08. The van der Waals surface area contributed by atoms with Gasteiger partial charge in [-0.05, 0) is 12.1 Å². The first-order valence-corrected chi connectivity index (χ1v) is 5.26. The molecule has 17 heavy (non-hydrogen) atoms. The number of rotatable bonds is 5. The molecule has 6 heteroatoms. The highest BCUT2D eigenvalue weighted by molar-refractivity contribution is 5.92. The number of nitrogens with zero attached hydrogens (tertiary/aromatic N) is 2. The number of hydrogen-bond acceptors (Lipinski definition) is 2. The number of nitrogens with two attached hydrogens (primary N) is 3. The van der Waals surface area contributed by atoms with Crippen LogP contribution in [0.2, 0.25) is 0 Å². The summed E-state index contributed by atoms with van der Waals surface area (Å²) in [6, 6.07) is 9.58. The zero-order chi connectivity index (χ0) is 12.5. The Labute approximate surface area is 100 Å². The highest BCUT2D eigenvalue weighted by Gasteiger charge is 1.92. The Kier molecular flexibility index (Phi) is 5.36. The molecular weight excluding hydrogens is 218 g/mol. The molecule has 0 amide bonds. The van der Waals surface area contributed by atoms with E-state index in [1.165, 1.54) is 0 Å². The summed E-state index contributed by atoms with van der Waals surface area (Å²) in [5.41, 5.74) is 15.7. The number of benzene rings is 1. The van der Waals surface area contributed by atoms with Gasteiger partial charge >= 0.3 is 0 Å². The van der Waals surface area contributed by atoms with Gasteiger partial charge in [0.1, 0.15) is 5.75 Å². The molecule has 0 saturated carbocycles. The van der Waals surface area contributed by atoms with Gasteiger partial charge in [0.25, 0.3) is 0 Å². The molecule has 0 unspecified atom stereocenters. The molecule has 92 valence electrons. The Morgan fingerprint density at radius 1 is 1.12 bits per heavy atom. The van der Waals surface area contributed by atoms with Crippen LogP contribution >= 0.6 is 0 Å². The summed E-state index contributed by atoms with van der Waals surface area (Å²) in [6.07, 6.45) is 0.746. The molecule has 0 spiro atoms. The molecule has 0 aromatic heterocycles. The summed E-state index contributed by atoms with van der Waals surface area (Å²) in [4.78, 5) is 7.55. The third-order valence-corrected chi connectivity index (χ3v) is 1.83. The first-order valence-electron chi connectivity index (χ1n) is 5.26. The van der Waals surface area contributed by atoms with E-state index in [1.807, 2.05) is 30.3 Å². The van der Waals surface area contributed by atoms with Crippen LogP contribution < -0.4 is 21.9 Å². The van der Waals surface area contributed by atoms with Crippen molar-refractivity contribution in [2.45, 2.75) is 6.42 Å². The quantitative estimate of drug-likeness (QED) is 0.380. The summed E-state index contributed by atoms with van der Waals surface area (Å²) < 4.78 is 5.47. The van der Waals surface area contributed by atoms with Crippen LogP contribution in [0.3, 0.4) is 0 Å². The molecule has 0 fully saturated rings. The molecule has 1 aromatic rings. The van der Waals surface area contributed by atoms with Gasteiger partial charge < -0.3 is 21.9 Å². The lowest BCUT2D eigenvalue weighted by atomic mass is 10.3. The van der Waals surface area contributed by atoms with E-state index in [0.717, 1.165) is 12.2 Å². The smallest absolute Gasteiger partial charge is 0.218 e. The molecule has 0 bridgehead atoms. The predicted octanol–water partition coefficient (Wildman–Crippen LogP) is 0.0436. The van der Waals surface area contributed by atoms with Crippen molar-refractivity contribution in [1.82, 2.24) is 0 Å². The molecule has 0 aliphatic heterocycles. The van der Waals surface area contributed by atoms with Crippen molar-refractivity contribution >= 4 is 11.9 Å². The molecule has 6 nitrogen and oxygen atoms in total. The van der Waals surface area contributed by atoms with E-state index in [0.29, 0.717) is 13.2 Å². The molecule has 1 aromatic carbocycles. The molecule has 1 rings (SSSR count). The number of aliphatic imine (C=N–C) groups is 2. The fourth-order valence-electron chi connectivity index (χ4n) is 1.13. The fraction of sp³-hybridized carbons (Fsp3) is 0.273. The maximum Gasteiger partial charge on any atom is 0.218 e. The van der Waals surface area contributed by atoms with Gasteiger partial charge in [-0.25, -0.2) is 0 Å². The Hall–Kier alpha value is -2.24. The maximum absolute atomic E-state index is 5.47. The van der Waals surface area contributed by atoms with Crippen LogP contribution in [0, 0.1) is 0 Å². The zero-order valence-corrected chi connectivity index (χ0v) is 9.54. The normalized spacial score (nSPS) is 10.9. The molecule has 0 aliphatic rings. The standard InChI is InChI=1S/C11H17N5O/c12-10(13)16-11(14)15-7-4-8-17-9-5-2-1-3-6-9/h1-3,5-6H,4,7-8H2,(H6,12,13,14,15,16). The predicted molar refractivity (Wildman–Crippen MR) is 68.9 cm³/mol. The third-order valence-electron chi connectivity index (χ3n) is 1.83. The van der Waals surface area contributed by atoms with Crippen molar-refractivity contribution < 1.29 is 4.74 Å².